The van der Waals surface area contributed by atoms with Crippen LogP contribution in [0.2, 0.25) is 0 Å². The van der Waals surface area contributed by atoms with Crippen molar-refractivity contribution in [2.75, 3.05) is 13.2 Å². The molecule has 0 aromatic carbocycles. The zero-order valence-electron chi connectivity index (χ0n) is 18.2. The van der Waals surface area contributed by atoms with Crippen molar-refractivity contribution in [2.45, 2.75) is 55.2 Å². The standard InChI is InChI=1S/C15H23FN2O17P2/c16-4-1-18(15(26)17-12(4)25)13-10(23)8(21)6(32-13)3-31-36(27,28)35-37(29,30)34-14-11(24)9(22)7(20)5(2-19)33-14/h1,5-11,13-14,19-24H,2-3H2,(H,27,28)(H,29,30)(H,17,25,26)/t5-,6-,7+,8+,9+,10+,11+,13+,14+/m0/s1. The van der Waals surface area contributed by atoms with Crippen molar-refractivity contribution in [1.29, 1.82) is 0 Å². The molecule has 1 aromatic rings. The number of nitrogens with one attached hydrogen (secondary N) is 1. The minimum absolute atomic E-state index is 0.378. The average molecular weight is 584 g/mol. The number of aliphatic hydroxyl groups is 6. The van der Waals surface area contributed by atoms with Gasteiger partial charge in [-0.1, -0.05) is 0 Å². The molecule has 37 heavy (non-hydrogen) atoms. The maximum atomic E-state index is 13.5. The summed E-state index contributed by atoms with van der Waals surface area (Å²) in [5.74, 6) is -1.43. The maximum absolute atomic E-state index is 13.5. The van der Waals surface area contributed by atoms with E-state index >= 15 is 0 Å². The van der Waals surface area contributed by atoms with Crippen LogP contribution in [0.1, 0.15) is 6.23 Å². The van der Waals surface area contributed by atoms with Gasteiger partial charge >= 0.3 is 21.3 Å². The Morgan fingerprint density at radius 1 is 0.946 bits per heavy atom. The second kappa shape index (κ2) is 11.3. The fourth-order valence-corrected chi connectivity index (χ4v) is 5.53. The molecule has 11 atom stereocenters. The van der Waals surface area contributed by atoms with E-state index in [-0.39, 0.29) is 0 Å². The van der Waals surface area contributed by atoms with Gasteiger partial charge in [0.2, 0.25) is 5.82 Å². The quantitative estimate of drug-likeness (QED) is 0.123. The van der Waals surface area contributed by atoms with Crippen molar-refractivity contribution in [1.82, 2.24) is 9.55 Å². The minimum atomic E-state index is -5.64. The summed E-state index contributed by atoms with van der Waals surface area (Å²) in [6.07, 6.45) is -16.8. The van der Waals surface area contributed by atoms with Gasteiger partial charge in [0.15, 0.2) is 12.5 Å². The molecule has 1 aromatic heterocycles. The number of halogens is 1. The predicted octanol–water partition coefficient (Wildman–Crippen LogP) is -4.65. The molecule has 2 saturated heterocycles. The smallest absolute Gasteiger partial charge is 0.394 e. The molecule has 3 rings (SSSR count). The van der Waals surface area contributed by atoms with Gasteiger partial charge in [0, 0.05) is 0 Å². The van der Waals surface area contributed by atoms with Gasteiger partial charge < -0.3 is 49.9 Å². The molecule has 0 aliphatic carbocycles. The van der Waals surface area contributed by atoms with Crippen LogP contribution in [0.25, 0.3) is 0 Å². The van der Waals surface area contributed by atoms with Gasteiger partial charge in [-0.05, 0) is 0 Å². The first-order valence-corrected chi connectivity index (χ1v) is 13.1. The topological polar surface area (TPSA) is 297 Å². The van der Waals surface area contributed by atoms with Gasteiger partial charge in [-0.15, -0.1) is 0 Å². The molecule has 212 valence electrons. The van der Waals surface area contributed by atoms with Crippen LogP contribution in [0.15, 0.2) is 15.8 Å². The first-order chi connectivity index (χ1) is 17.1. The van der Waals surface area contributed by atoms with Gasteiger partial charge in [-0.3, -0.25) is 23.4 Å². The molecular formula is C15H23FN2O17P2. The van der Waals surface area contributed by atoms with Crippen LogP contribution < -0.4 is 11.2 Å². The summed E-state index contributed by atoms with van der Waals surface area (Å²) < 4.78 is 61.0. The molecule has 9 N–H and O–H groups in total. The number of rotatable bonds is 9. The van der Waals surface area contributed by atoms with Crippen LogP contribution in [0.4, 0.5) is 4.39 Å². The van der Waals surface area contributed by atoms with Crippen molar-refractivity contribution < 1.29 is 76.8 Å². The Hall–Kier alpha value is -1.45. The Kier molecular flexibility index (Phi) is 9.23. The lowest BCUT2D eigenvalue weighted by molar-refractivity contribution is -0.280. The molecule has 2 aliphatic rings. The molecular weight excluding hydrogens is 561 g/mol. The summed E-state index contributed by atoms with van der Waals surface area (Å²) in [5, 5.41) is 58.5. The van der Waals surface area contributed by atoms with Crippen LogP contribution in [-0.4, -0.2) is 112 Å². The molecule has 19 nitrogen and oxygen atoms in total. The number of H-pyrrole nitrogens is 1. The molecule has 2 unspecified atom stereocenters. The van der Waals surface area contributed by atoms with E-state index in [1.165, 1.54) is 0 Å². The summed E-state index contributed by atoms with van der Waals surface area (Å²) in [6, 6.07) is 0. The molecule has 0 bridgehead atoms. The average Bonchev–Trinajstić information content (AvgIpc) is 3.08. The number of phosphoric acid groups is 2. The molecule has 3 heterocycles. The zero-order chi connectivity index (χ0) is 27.9. The molecule has 0 saturated carbocycles. The van der Waals surface area contributed by atoms with Crippen molar-refractivity contribution >= 4 is 15.6 Å². The largest absolute Gasteiger partial charge is 0.483 e. The summed E-state index contributed by atoms with van der Waals surface area (Å²) in [7, 11) is -11.2. The fourth-order valence-electron chi connectivity index (χ4n) is 3.37. The number of aromatic amines is 1. The minimum Gasteiger partial charge on any atom is -0.394 e. The number of nitrogens with zero attached hydrogens (tertiary/aromatic N) is 1. The highest BCUT2D eigenvalue weighted by molar-refractivity contribution is 7.61. The third-order valence-electron chi connectivity index (χ3n) is 5.23. The Bertz CT molecular complexity index is 1180. The van der Waals surface area contributed by atoms with E-state index in [1.807, 2.05) is 0 Å². The summed E-state index contributed by atoms with van der Waals surface area (Å²) in [5.41, 5.74) is -2.60. The number of ether oxygens (including phenoxy) is 2. The first kappa shape index (κ1) is 30.1. The van der Waals surface area contributed by atoms with E-state index in [1.54, 1.807) is 4.98 Å². The number of aromatic nitrogens is 2. The number of hydrogen-bond donors (Lipinski definition) is 9. The lowest BCUT2D eigenvalue weighted by Gasteiger charge is -2.39. The van der Waals surface area contributed by atoms with Gasteiger partial charge in [0.05, 0.1) is 19.4 Å². The van der Waals surface area contributed by atoms with E-state index in [9.17, 15) is 58.4 Å². The van der Waals surface area contributed by atoms with Crippen molar-refractivity contribution in [3.63, 3.8) is 0 Å². The van der Waals surface area contributed by atoms with E-state index < -0.39 is 101 Å². The Balaban J connectivity index is 1.63. The van der Waals surface area contributed by atoms with Crippen LogP contribution in [0, 0.1) is 5.82 Å². The molecule has 0 amide bonds. The predicted molar refractivity (Wildman–Crippen MR) is 109 cm³/mol. The molecule has 2 fully saturated rings. The highest BCUT2D eigenvalue weighted by Crippen LogP contribution is 2.61. The van der Waals surface area contributed by atoms with Gasteiger partial charge in [-0.25, -0.2) is 13.9 Å². The highest BCUT2D eigenvalue weighted by atomic mass is 31.3. The molecule has 0 spiro atoms. The Morgan fingerprint density at radius 2 is 1.57 bits per heavy atom. The molecule has 2 aliphatic heterocycles. The van der Waals surface area contributed by atoms with E-state index in [0.29, 0.717) is 10.8 Å². The Morgan fingerprint density at radius 3 is 2.19 bits per heavy atom. The Labute approximate surface area is 204 Å². The first-order valence-electron chi connectivity index (χ1n) is 10.1. The summed E-state index contributed by atoms with van der Waals surface area (Å²) in [4.78, 5) is 44.1. The van der Waals surface area contributed by atoms with Crippen molar-refractivity contribution in [3.8, 4) is 0 Å². The fraction of sp³-hybridized carbons (Fsp3) is 0.733. The van der Waals surface area contributed by atoms with Crippen molar-refractivity contribution in [3.05, 3.63) is 32.9 Å². The van der Waals surface area contributed by atoms with E-state index in [0.717, 1.165) is 0 Å². The second-order valence-electron chi connectivity index (χ2n) is 7.81. The summed E-state index contributed by atoms with van der Waals surface area (Å²) >= 11 is 0. The number of aliphatic hydroxyl groups excluding tert-OH is 6. The monoisotopic (exact) mass is 584 g/mol. The van der Waals surface area contributed by atoms with E-state index in [4.69, 9.17) is 14.6 Å². The van der Waals surface area contributed by atoms with Gasteiger partial charge in [0.25, 0.3) is 5.56 Å². The normalized spacial score (nSPS) is 37.7. The second-order valence-corrected chi connectivity index (χ2v) is 10.8. The number of hydrogen-bond acceptors (Lipinski definition) is 15. The SMILES string of the molecule is O=c1[nH]c(=O)n([C@@H]2O[C@@H](COP(=O)(O)OP(=O)(O)O[C@H]3O[C@@H](CO)[C@@H](O)[C@@H](O)[C@H]3O)[C@@H](O)[C@H]2O)cc1F. The van der Waals surface area contributed by atoms with Crippen LogP contribution in [0.3, 0.4) is 0 Å². The third-order valence-corrected chi connectivity index (χ3v) is 7.83. The number of phosphoric ester groups is 2. The highest BCUT2D eigenvalue weighted by Gasteiger charge is 2.49. The van der Waals surface area contributed by atoms with Crippen LogP contribution in [0.5, 0.6) is 0 Å². The third kappa shape index (κ3) is 6.77. The molecule has 22 heteroatoms. The summed E-state index contributed by atoms with van der Waals surface area (Å²) in [6.45, 7) is -2.04. The van der Waals surface area contributed by atoms with Crippen LogP contribution >= 0.6 is 15.6 Å². The van der Waals surface area contributed by atoms with Gasteiger partial charge in [-0.2, -0.15) is 8.70 Å². The van der Waals surface area contributed by atoms with Crippen molar-refractivity contribution in [2.24, 2.45) is 0 Å². The molecule has 0 radical (unpaired) electrons. The maximum Gasteiger partial charge on any atom is 0.483 e. The lowest BCUT2D eigenvalue weighted by atomic mass is 10.00. The van der Waals surface area contributed by atoms with Gasteiger partial charge in [0.1, 0.15) is 42.7 Å². The van der Waals surface area contributed by atoms with Crippen LogP contribution in [-0.2, 0) is 32.0 Å². The zero-order valence-corrected chi connectivity index (χ0v) is 19.9. The lowest BCUT2D eigenvalue weighted by Crippen LogP contribution is -2.58. The van der Waals surface area contributed by atoms with E-state index in [2.05, 4.69) is 13.4 Å².